The quantitative estimate of drug-likeness (QED) is 0.469. The summed E-state index contributed by atoms with van der Waals surface area (Å²) in [4.78, 5) is 22.1. The highest BCUT2D eigenvalue weighted by atomic mass is 16.4. The molecule has 1 aliphatic heterocycles. The van der Waals surface area contributed by atoms with E-state index in [1.807, 2.05) is 0 Å². The first-order valence-electron chi connectivity index (χ1n) is 3.26. The minimum Gasteiger partial charge on any atom is -0.465 e. The third-order valence-corrected chi connectivity index (χ3v) is 1.49. The van der Waals surface area contributed by atoms with Gasteiger partial charge in [0.1, 0.15) is 6.04 Å². The van der Waals surface area contributed by atoms with Crippen molar-refractivity contribution in [1.82, 2.24) is 10.2 Å². The molecule has 0 saturated heterocycles. The summed E-state index contributed by atoms with van der Waals surface area (Å²) in [6.45, 7) is -0.525. The second kappa shape index (κ2) is 3.22. The number of aliphatic hydroxyl groups excluding tert-OH is 1. The van der Waals surface area contributed by atoms with E-state index in [2.05, 4.69) is 5.32 Å². The Hall–Kier alpha value is -1.56. The lowest BCUT2D eigenvalue weighted by Gasteiger charge is -2.26. The Balaban J connectivity index is 2.83. The Kier molecular flexibility index (Phi) is 2.29. The first kappa shape index (κ1) is 8.54. The fourth-order valence-electron chi connectivity index (χ4n) is 0.894. The zero-order valence-corrected chi connectivity index (χ0v) is 6.10. The van der Waals surface area contributed by atoms with Gasteiger partial charge in [-0.15, -0.1) is 0 Å². The smallest absolute Gasteiger partial charge is 0.412 e. The van der Waals surface area contributed by atoms with E-state index >= 15 is 0 Å². The van der Waals surface area contributed by atoms with Gasteiger partial charge in [0.25, 0.3) is 0 Å². The number of carbonyl (C=O) groups is 2. The summed E-state index contributed by atoms with van der Waals surface area (Å²) in [5.41, 5.74) is 0. The van der Waals surface area contributed by atoms with Crippen LogP contribution in [0.5, 0.6) is 0 Å². The Morgan fingerprint density at radius 2 is 2.42 bits per heavy atom. The van der Waals surface area contributed by atoms with Gasteiger partial charge in [-0.3, -0.25) is 9.69 Å². The van der Waals surface area contributed by atoms with Crippen LogP contribution in [-0.4, -0.2) is 39.8 Å². The minimum absolute atomic E-state index is 0.525. The van der Waals surface area contributed by atoms with Gasteiger partial charge >= 0.3 is 6.09 Å². The molecule has 6 nitrogen and oxygen atoms in total. The Morgan fingerprint density at radius 1 is 1.75 bits per heavy atom. The van der Waals surface area contributed by atoms with Crippen molar-refractivity contribution in [2.45, 2.75) is 6.04 Å². The molecule has 66 valence electrons. The lowest BCUT2D eigenvalue weighted by molar-refractivity contribution is -0.126. The van der Waals surface area contributed by atoms with Crippen molar-refractivity contribution in [3.63, 3.8) is 0 Å². The molecule has 0 aliphatic carbocycles. The molecule has 0 saturated carbocycles. The highest BCUT2D eigenvalue weighted by Crippen LogP contribution is 2.04. The number of hydrogen-bond donors (Lipinski definition) is 3. The highest BCUT2D eigenvalue weighted by molar-refractivity contribution is 5.87. The predicted molar refractivity (Wildman–Crippen MR) is 38.0 cm³/mol. The fraction of sp³-hybridized carbons (Fsp3) is 0.333. The maximum absolute atomic E-state index is 10.9. The molecule has 0 aromatic rings. The summed E-state index contributed by atoms with van der Waals surface area (Å²) in [5.74, 6) is -0.526. The standard InChI is InChI=1S/C6H8N2O4/c9-3-4-5(10)7-1-2-8(4)6(11)12/h1-2,4,9H,3H2,(H,7,10)(H,11,12). The zero-order chi connectivity index (χ0) is 9.14. The van der Waals surface area contributed by atoms with Crippen LogP contribution in [0.2, 0.25) is 0 Å². The molecule has 1 aliphatic rings. The molecule has 0 spiro atoms. The summed E-state index contributed by atoms with van der Waals surface area (Å²) >= 11 is 0. The van der Waals surface area contributed by atoms with Crippen molar-refractivity contribution in [3.8, 4) is 0 Å². The first-order valence-corrected chi connectivity index (χ1v) is 3.26. The van der Waals surface area contributed by atoms with Gasteiger partial charge in [-0.05, 0) is 0 Å². The second-order valence-corrected chi connectivity index (χ2v) is 2.21. The molecule has 1 rings (SSSR count). The number of nitrogens with one attached hydrogen (secondary N) is 1. The molecule has 0 bridgehead atoms. The average molecular weight is 172 g/mol. The van der Waals surface area contributed by atoms with Crippen LogP contribution < -0.4 is 5.32 Å². The Morgan fingerprint density at radius 3 is 2.83 bits per heavy atom. The molecule has 1 heterocycles. The van der Waals surface area contributed by atoms with Crippen LogP contribution in [-0.2, 0) is 4.79 Å². The Labute approximate surface area is 68.1 Å². The number of amides is 2. The van der Waals surface area contributed by atoms with Crippen molar-refractivity contribution < 1.29 is 19.8 Å². The first-order chi connectivity index (χ1) is 5.66. The van der Waals surface area contributed by atoms with Crippen molar-refractivity contribution in [1.29, 1.82) is 0 Å². The molecule has 0 fully saturated rings. The van der Waals surface area contributed by atoms with Crippen molar-refractivity contribution in [2.24, 2.45) is 0 Å². The summed E-state index contributed by atoms with van der Waals surface area (Å²) in [6, 6.07) is -1.03. The molecular weight excluding hydrogens is 164 g/mol. The zero-order valence-electron chi connectivity index (χ0n) is 6.10. The molecule has 1 atom stereocenters. The van der Waals surface area contributed by atoms with Gasteiger partial charge < -0.3 is 15.5 Å². The number of nitrogens with zero attached hydrogens (tertiary/aromatic N) is 1. The normalized spacial score (nSPS) is 22.2. The van der Waals surface area contributed by atoms with E-state index in [0.717, 1.165) is 4.90 Å². The molecule has 0 aromatic carbocycles. The summed E-state index contributed by atoms with van der Waals surface area (Å²) in [7, 11) is 0. The van der Waals surface area contributed by atoms with Crippen LogP contribution in [0.25, 0.3) is 0 Å². The largest absolute Gasteiger partial charge is 0.465 e. The van der Waals surface area contributed by atoms with Gasteiger partial charge in [0.15, 0.2) is 0 Å². The lowest BCUT2D eigenvalue weighted by Crippen LogP contribution is -2.50. The monoisotopic (exact) mass is 172 g/mol. The number of carboxylic acid groups (broad SMARTS) is 1. The number of carbonyl (C=O) groups excluding carboxylic acids is 1. The SMILES string of the molecule is O=C1NC=CN(C(=O)O)C1CO. The van der Waals surface area contributed by atoms with Crippen LogP contribution in [0.15, 0.2) is 12.4 Å². The number of hydrogen-bond acceptors (Lipinski definition) is 3. The predicted octanol–water partition coefficient (Wildman–Crippen LogP) is -1.07. The van der Waals surface area contributed by atoms with Gasteiger partial charge in [0.2, 0.25) is 5.91 Å². The molecule has 12 heavy (non-hydrogen) atoms. The third kappa shape index (κ3) is 1.37. The fourth-order valence-corrected chi connectivity index (χ4v) is 0.894. The van der Waals surface area contributed by atoms with E-state index in [0.29, 0.717) is 0 Å². The summed E-state index contributed by atoms with van der Waals surface area (Å²) in [6.07, 6.45) is 1.13. The topological polar surface area (TPSA) is 89.9 Å². The van der Waals surface area contributed by atoms with Gasteiger partial charge in [-0.2, -0.15) is 0 Å². The highest BCUT2D eigenvalue weighted by Gasteiger charge is 2.29. The van der Waals surface area contributed by atoms with Crippen LogP contribution >= 0.6 is 0 Å². The Bertz CT molecular complexity index is 238. The van der Waals surface area contributed by atoms with Crippen molar-refractivity contribution >= 4 is 12.0 Å². The maximum atomic E-state index is 10.9. The van der Waals surface area contributed by atoms with Crippen molar-refractivity contribution in [3.05, 3.63) is 12.4 Å². The maximum Gasteiger partial charge on any atom is 0.412 e. The van der Waals surface area contributed by atoms with E-state index in [4.69, 9.17) is 10.2 Å². The third-order valence-electron chi connectivity index (χ3n) is 1.49. The van der Waals surface area contributed by atoms with E-state index in [-0.39, 0.29) is 0 Å². The van der Waals surface area contributed by atoms with E-state index < -0.39 is 24.6 Å². The van der Waals surface area contributed by atoms with Gasteiger partial charge in [0, 0.05) is 12.4 Å². The molecule has 2 amide bonds. The van der Waals surface area contributed by atoms with Crippen LogP contribution in [0, 0.1) is 0 Å². The van der Waals surface area contributed by atoms with Gasteiger partial charge in [0.05, 0.1) is 6.61 Å². The second-order valence-electron chi connectivity index (χ2n) is 2.21. The molecule has 6 heteroatoms. The molecule has 0 radical (unpaired) electrons. The van der Waals surface area contributed by atoms with E-state index in [9.17, 15) is 9.59 Å². The molecule has 1 unspecified atom stereocenters. The van der Waals surface area contributed by atoms with Gasteiger partial charge in [-0.1, -0.05) is 0 Å². The van der Waals surface area contributed by atoms with Gasteiger partial charge in [-0.25, -0.2) is 4.79 Å². The lowest BCUT2D eigenvalue weighted by atomic mass is 10.2. The van der Waals surface area contributed by atoms with Crippen LogP contribution in [0.1, 0.15) is 0 Å². The number of aliphatic hydroxyl groups is 1. The molecule has 3 N–H and O–H groups in total. The summed E-state index contributed by atoms with van der Waals surface area (Å²) < 4.78 is 0. The van der Waals surface area contributed by atoms with E-state index in [1.54, 1.807) is 0 Å². The van der Waals surface area contributed by atoms with Crippen molar-refractivity contribution in [2.75, 3.05) is 6.61 Å². The summed E-state index contributed by atoms with van der Waals surface area (Å²) in [5, 5.41) is 19.5. The molecule has 0 aromatic heterocycles. The number of rotatable bonds is 1. The van der Waals surface area contributed by atoms with E-state index in [1.165, 1.54) is 12.4 Å². The molecular formula is C6H8N2O4. The average Bonchev–Trinajstić information content (AvgIpc) is 2.03. The minimum atomic E-state index is -1.26. The van der Waals surface area contributed by atoms with Crippen LogP contribution in [0.3, 0.4) is 0 Å². The van der Waals surface area contributed by atoms with Crippen LogP contribution in [0.4, 0.5) is 4.79 Å².